The molecule has 1 aliphatic heterocycles. The number of pyridine rings is 1. The van der Waals surface area contributed by atoms with Crippen molar-refractivity contribution in [2.75, 3.05) is 50.4 Å². The maximum atomic E-state index is 6.62. The third-order valence-electron chi connectivity index (χ3n) is 5.66. The second kappa shape index (κ2) is 8.30. The van der Waals surface area contributed by atoms with Crippen molar-refractivity contribution in [3.8, 4) is 11.1 Å². The Morgan fingerprint density at radius 2 is 2.06 bits per heavy atom. The number of nitrogens with one attached hydrogen (secondary N) is 1. The van der Waals surface area contributed by atoms with Crippen molar-refractivity contribution >= 4 is 39.9 Å². The van der Waals surface area contributed by atoms with Crippen molar-refractivity contribution in [1.82, 2.24) is 24.3 Å². The van der Waals surface area contributed by atoms with Crippen LogP contribution in [0.3, 0.4) is 0 Å². The molecule has 31 heavy (non-hydrogen) atoms. The van der Waals surface area contributed by atoms with Gasteiger partial charge < -0.3 is 15.8 Å². The van der Waals surface area contributed by atoms with Crippen LogP contribution >= 0.6 is 11.6 Å². The van der Waals surface area contributed by atoms with E-state index in [-0.39, 0.29) is 0 Å². The van der Waals surface area contributed by atoms with Gasteiger partial charge >= 0.3 is 0 Å². The summed E-state index contributed by atoms with van der Waals surface area (Å²) in [5.41, 5.74) is 11.2. The Labute approximate surface area is 185 Å². The molecule has 1 saturated heterocycles. The highest BCUT2D eigenvalue weighted by molar-refractivity contribution is 6.34. The number of morpholine rings is 1. The zero-order valence-corrected chi connectivity index (χ0v) is 18.1. The topological polar surface area (TPSA) is 93.6 Å². The van der Waals surface area contributed by atoms with Gasteiger partial charge in [-0.1, -0.05) is 23.7 Å². The number of anilines is 2. The first-order valence-corrected chi connectivity index (χ1v) is 10.7. The number of halogens is 1. The summed E-state index contributed by atoms with van der Waals surface area (Å²) in [6, 6.07) is 7.88. The number of aryl methyl sites for hydroxylation is 1. The molecule has 160 valence electrons. The summed E-state index contributed by atoms with van der Waals surface area (Å²) in [4.78, 5) is 16.2. The molecule has 0 aliphatic carbocycles. The van der Waals surface area contributed by atoms with E-state index in [1.165, 1.54) is 0 Å². The number of nitrogens with zero attached hydrogens (tertiary/aromatic N) is 5. The molecule has 0 bridgehead atoms. The third kappa shape index (κ3) is 3.78. The average Bonchev–Trinajstić information content (AvgIpc) is 3.26. The summed E-state index contributed by atoms with van der Waals surface area (Å²) in [5, 5.41) is 4.14. The lowest BCUT2D eigenvalue weighted by atomic mass is 10.00. The first-order chi connectivity index (χ1) is 15.1. The van der Waals surface area contributed by atoms with Gasteiger partial charge in [0.25, 0.3) is 0 Å². The first-order valence-electron chi connectivity index (χ1n) is 10.3. The number of hydrogen-bond donors (Lipinski definition) is 2. The lowest BCUT2D eigenvalue weighted by Gasteiger charge is -2.26. The third-order valence-corrected chi connectivity index (χ3v) is 5.98. The normalized spacial score (nSPS) is 15.0. The summed E-state index contributed by atoms with van der Waals surface area (Å²) >= 11 is 6.62. The van der Waals surface area contributed by atoms with Gasteiger partial charge in [0, 0.05) is 42.3 Å². The van der Waals surface area contributed by atoms with Crippen molar-refractivity contribution in [2.45, 2.75) is 6.92 Å². The van der Waals surface area contributed by atoms with Crippen LogP contribution in [-0.2, 0) is 4.74 Å². The summed E-state index contributed by atoms with van der Waals surface area (Å²) in [7, 11) is 0. The van der Waals surface area contributed by atoms with Gasteiger partial charge in [-0.25, -0.2) is 15.0 Å². The Morgan fingerprint density at radius 1 is 1.23 bits per heavy atom. The molecular weight excluding hydrogens is 414 g/mol. The Bertz CT molecular complexity index is 1230. The molecule has 0 radical (unpaired) electrons. The van der Waals surface area contributed by atoms with Gasteiger partial charge in [-0.3, -0.25) is 9.30 Å². The van der Waals surface area contributed by atoms with E-state index >= 15 is 0 Å². The molecule has 4 aromatic rings. The molecule has 5 rings (SSSR count). The molecule has 0 amide bonds. The number of nitrogen functional groups attached to an aromatic ring is 1. The fourth-order valence-electron chi connectivity index (χ4n) is 4.06. The van der Waals surface area contributed by atoms with Gasteiger partial charge in [0.15, 0.2) is 5.65 Å². The fraction of sp³-hybridized carbons (Fsp3) is 0.318. The highest BCUT2D eigenvalue weighted by Crippen LogP contribution is 2.37. The second-order valence-corrected chi connectivity index (χ2v) is 8.09. The molecule has 1 aliphatic rings. The van der Waals surface area contributed by atoms with Gasteiger partial charge in [0.05, 0.1) is 19.4 Å². The molecule has 0 unspecified atom stereocenters. The molecule has 4 heterocycles. The summed E-state index contributed by atoms with van der Waals surface area (Å²) in [5.74, 6) is 1.17. The first kappa shape index (κ1) is 20.0. The van der Waals surface area contributed by atoms with Gasteiger partial charge in [-0.2, -0.15) is 0 Å². The van der Waals surface area contributed by atoms with Crippen LogP contribution in [0.25, 0.3) is 27.8 Å². The highest BCUT2D eigenvalue weighted by Gasteiger charge is 2.18. The number of nitrogens with two attached hydrogens (primary N) is 1. The molecule has 0 spiro atoms. The van der Waals surface area contributed by atoms with Gasteiger partial charge in [0.1, 0.15) is 29.0 Å². The van der Waals surface area contributed by atoms with Crippen LogP contribution in [0, 0.1) is 6.92 Å². The standard InChI is InChI=1S/C22H24ClN7O/c1-14-3-2-4-16(23)19(14)15-11-18(26-5-6-29-7-9-31-10-8-29)27-22-20(15)28-21(24)17-12-25-13-30(17)22/h2-4,11-13H,5-10H2,1H3,(H2,24,28)(H,26,27). The van der Waals surface area contributed by atoms with E-state index in [0.717, 1.165) is 67.4 Å². The van der Waals surface area contributed by atoms with Gasteiger partial charge in [-0.15, -0.1) is 0 Å². The largest absolute Gasteiger partial charge is 0.382 e. The molecule has 1 fully saturated rings. The van der Waals surface area contributed by atoms with E-state index in [2.05, 4.69) is 20.2 Å². The van der Waals surface area contributed by atoms with E-state index in [9.17, 15) is 0 Å². The van der Waals surface area contributed by atoms with Crippen LogP contribution in [0.1, 0.15) is 5.56 Å². The minimum absolute atomic E-state index is 0.408. The molecule has 9 heteroatoms. The Kier molecular flexibility index (Phi) is 5.35. The number of imidazole rings is 1. The Hall–Kier alpha value is -2.94. The number of benzene rings is 1. The maximum absolute atomic E-state index is 6.62. The van der Waals surface area contributed by atoms with Crippen molar-refractivity contribution in [3.63, 3.8) is 0 Å². The van der Waals surface area contributed by atoms with Crippen LogP contribution in [-0.4, -0.2) is 63.6 Å². The molecule has 8 nitrogen and oxygen atoms in total. The minimum Gasteiger partial charge on any atom is -0.382 e. The lowest BCUT2D eigenvalue weighted by Crippen LogP contribution is -2.39. The monoisotopic (exact) mass is 437 g/mol. The van der Waals surface area contributed by atoms with Gasteiger partial charge in [0.2, 0.25) is 0 Å². The van der Waals surface area contributed by atoms with Crippen LogP contribution in [0.5, 0.6) is 0 Å². The summed E-state index contributed by atoms with van der Waals surface area (Å²) in [6.45, 7) is 7.22. The molecule has 3 aromatic heterocycles. The quantitative estimate of drug-likeness (QED) is 0.495. The number of rotatable bonds is 5. The minimum atomic E-state index is 0.408. The van der Waals surface area contributed by atoms with Crippen molar-refractivity contribution < 1.29 is 4.74 Å². The average molecular weight is 438 g/mol. The number of ether oxygens (including phenoxy) is 1. The molecule has 1 aromatic carbocycles. The van der Waals surface area contributed by atoms with Crippen LogP contribution < -0.4 is 11.1 Å². The van der Waals surface area contributed by atoms with E-state index in [0.29, 0.717) is 22.0 Å². The van der Waals surface area contributed by atoms with E-state index < -0.39 is 0 Å². The smallest absolute Gasteiger partial charge is 0.167 e. The summed E-state index contributed by atoms with van der Waals surface area (Å²) < 4.78 is 7.31. The van der Waals surface area contributed by atoms with E-state index in [4.69, 9.17) is 27.1 Å². The number of hydrogen-bond acceptors (Lipinski definition) is 7. The Balaban J connectivity index is 1.60. The Morgan fingerprint density at radius 3 is 2.87 bits per heavy atom. The zero-order valence-electron chi connectivity index (χ0n) is 17.3. The van der Waals surface area contributed by atoms with Crippen LogP contribution in [0.15, 0.2) is 36.8 Å². The van der Waals surface area contributed by atoms with Crippen molar-refractivity contribution in [1.29, 1.82) is 0 Å². The predicted molar refractivity (Wildman–Crippen MR) is 124 cm³/mol. The molecule has 3 N–H and O–H groups in total. The summed E-state index contributed by atoms with van der Waals surface area (Å²) in [6.07, 6.45) is 3.41. The highest BCUT2D eigenvalue weighted by atomic mass is 35.5. The maximum Gasteiger partial charge on any atom is 0.167 e. The van der Waals surface area contributed by atoms with E-state index in [1.54, 1.807) is 12.5 Å². The van der Waals surface area contributed by atoms with Crippen LogP contribution in [0.2, 0.25) is 5.02 Å². The second-order valence-electron chi connectivity index (χ2n) is 7.69. The molecular formula is C22H24ClN7O. The zero-order chi connectivity index (χ0) is 21.4. The van der Waals surface area contributed by atoms with Gasteiger partial charge in [-0.05, 0) is 24.6 Å². The fourth-order valence-corrected chi connectivity index (χ4v) is 4.38. The SMILES string of the molecule is Cc1cccc(Cl)c1-c1cc(NCCN2CCOCC2)nc2c1nc(N)c1cncn12. The van der Waals surface area contributed by atoms with Crippen LogP contribution in [0.4, 0.5) is 11.6 Å². The van der Waals surface area contributed by atoms with Crippen molar-refractivity contribution in [2.24, 2.45) is 0 Å². The predicted octanol–water partition coefficient (Wildman–Crippen LogP) is 3.23. The lowest BCUT2D eigenvalue weighted by molar-refractivity contribution is 0.0398. The molecule has 0 atom stereocenters. The van der Waals surface area contributed by atoms with Crippen molar-refractivity contribution in [3.05, 3.63) is 47.4 Å². The number of fused-ring (bicyclic) bond motifs is 3. The number of aromatic nitrogens is 4. The van der Waals surface area contributed by atoms with E-state index in [1.807, 2.05) is 35.6 Å². The molecule has 0 saturated carbocycles.